The average Bonchev–Trinajstić information content (AvgIpc) is 3.41. The third kappa shape index (κ3) is 5.20. The van der Waals surface area contributed by atoms with Gasteiger partial charge in [0.05, 0.1) is 0 Å². The molecule has 9 rings (SSSR count). The fraction of sp³-hybridized carbons (Fsp3) is 0.400. The second kappa shape index (κ2) is 11.2. The van der Waals surface area contributed by atoms with Gasteiger partial charge in [-0.3, -0.25) is 0 Å². The summed E-state index contributed by atoms with van der Waals surface area (Å²) in [5.41, 5.74) is 21.4. The lowest BCUT2D eigenvalue weighted by Crippen LogP contribution is -2.57. The first-order valence-electron chi connectivity index (χ1n) is 20.2. The van der Waals surface area contributed by atoms with E-state index >= 15 is 0 Å². The molecule has 2 nitrogen and oxygen atoms in total. The number of nitrogens with zero attached hydrogens (tertiary/aromatic N) is 2. The van der Waals surface area contributed by atoms with Crippen LogP contribution in [0.2, 0.25) is 0 Å². The van der Waals surface area contributed by atoms with E-state index in [1.165, 1.54) is 96.0 Å². The van der Waals surface area contributed by atoms with Crippen LogP contribution < -0.4 is 15.8 Å². The highest BCUT2D eigenvalue weighted by atomic mass is 15.2. The number of hydrogen-bond acceptors (Lipinski definition) is 1. The Hall–Kier alpha value is -4.24. The molecule has 0 unspecified atom stereocenters. The molecule has 53 heavy (non-hydrogen) atoms. The van der Waals surface area contributed by atoms with Crippen molar-refractivity contribution in [3.05, 3.63) is 112 Å². The lowest BCUT2D eigenvalue weighted by Gasteiger charge is -2.43. The van der Waals surface area contributed by atoms with Crippen molar-refractivity contribution in [1.82, 2.24) is 4.48 Å². The summed E-state index contributed by atoms with van der Waals surface area (Å²) in [7, 11) is 0. The minimum atomic E-state index is 0.0154. The van der Waals surface area contributed by atoms with Crippen LogP contribution in [0.4, 0.5) is 17.1 Å². The summed E-state index contributed by atoms with van der Waals surface area (Å²) in [6.45, 7) is 28.3. The summed E-state index contributed by atoms with van der Waals surface area (Å²) >= 11 is 0. The van der Waals surface area contributed by atoms with Crippen molar-refractivity contribution in [2.75, 3.05) is 4.90 Å². The van der Waals surface area contributed by atoms with Crippen molar-refractivity contribution in [2.45, 2.75) is 130 Å². The van der Waals surface area contributed by atoms with Crippen LogP contribution in [-0.2, 0) is 34.5 Å². The normalized spacial score (nSPS) is 15.5. The molecule has 0 saturated carbocycles. The van der Waals surface area contributed by atoms with Gasteiger partial charge in [0, 0.05) is 44.4 Å². The number of benzene rings is 5. The first-order chi connectivity index (χ1) is 24.8. The zero-order chi connectivity index (χ0) is 37.6. The molecule has 0 saturated heterocycles. The summed E-state index contributed by atoms with van der Waals surface area (Å²) in [5, 5.41) is 2.79. The first kappa shape index (κ1) is 34.5. The maximum Gasteiger partial charge on any atom is 0.333 e. The third-order valence-electron chi connectivity index (χ3n) is 12.8. The lowest BCUT2D eigenvalue weighted by molar-refractivity contribution is 0.590. The van der Waals surface area contributed by atoms with Crippen molar-refractivity contribution in [1.29, 1.82) is 0 Å². The third-order valence-corrected chi connectivity index (χ3v) is 12.8. The van der Waals surface area contributed by atoms with E-state index in [0.29, 0.717) is 0 Å². The standard InChI is InChI=1S/C50H57BN2/c1-47(2,3)31-17-21-35(22-18-31)52-42-24-20-33(49(7,8)9)29-40(42)51-45-43(52)25-30-15-13-14-16-36(30)44(45)39-28-34(50(10,11)12)27-38-37-26-32(48(4,5)6)19-23-41(37)53(51)46(38)39/h17-29H,13-16H2,1-12H3. The number of hydrogen-bond donors (Lipinski definition) is 0. The Kier molecular flexibility index (Phi) is 7.27. The molecule has 0 amide bonds. The van der Waals surface area contributed by atoms with Crippen LogP contribution in [0.15, 0.2) is 78.9 Å². The van der Waals surface area contributed by atoms with Crippen LogP contribution in [0.5, 0.6) is 0 Å². The Morgan fingerprint density at radius 1 is 0.528 bits per heavy atom. The highest BCUT2D eigenvalue weighted by Crippen LogP contribution is 2.50. The molecular formula is C50H57BN2. The summed E-state index contributed by atoms with van der Waals surface area (Å²) in [6, 6.07) is 32.0. The Morgan fingerprint density at radius 2 is 1.11 bits per heavy atom. The van der Waals surface area contributed by atoms with Gasteiger partial charge >= 0.3 is 6.85 Å². The zero-order valence-corrected chi connectivity index (χ0v) is 34.3. The van der Waals surface area contributed by atoms with Crippen molar-refractivity contribution in [3.63, 3.8) is 0 Å². The van der Waals surface area contributed by atoms with Crippen molar-refractivity contribution < 1.29 is 0 Å². The van der Waals surface area contributed by atoms with Gasteiger partial charge in [0.2, 0.25) is 0 Å². The van der Waals surface area contributed by atoms with Crippen LogP contribution >= 0.6 is 0 Å². The molecule has 2 aliphatic heterocycles. The van der Waals surface area contributed by atoms with Gasteiger partial charge in [-0.05, 0) is 146 Å². The predicted octanol–water partition coefficient (Wildman–Crippen LogP) is 12.3. The van der Waals surface area contributed by atoms with Gasteiger partial charge in [-0.25, -0.2) is 0 Å². The number of fused-ring (bicyclic) bond motifs is 9. The van der Waals surface area contributed by atoms with Gasteiger partial charge in [-0.1, -0.05) is 113 Å². The zero-order valence-electron chi connectivity index (χ0n) is 34.3. The number of aryl methyl sites for hydroxylation is 1. The minimum Gasteiger partial charge on any atom is -0.375 e. The summed E-state index contributed by atoms with van der Waals surface area (Å²) in [6.07, 6.45) is 4.81. The molecule has 0 atom stereocenters. The fourth-order valence-electron chi connectivity index (χ4n) is 9.60. The SMILES string of the molecule is CC(C)(C)c1ccc(N2c3ccc(C(C)(C)C)cc3B3c4c2cc2c(c4-c4cc(C(C)(C)C)cc5c6cc(C(C)(C)C)ccc6n3c45)CCCC2)cc1. The Bertz CT molecular complexity index is 2480. The summed E-state index contributed by atoms with van der Waals surface area (Å²) < 4.78 is 2.77. The fourth-order valence-corrected chi connectivity index (χ4v) is 9.60. The number of anilines is 3. The molecule has 3 aliphatic rings. The monoisotopic (exact) mass is 696 g/mol. The summed E-state index contributed by atoms with van der Waals surface area (Å²) in [5.74, 6) is 0. The first-order valence-corrected chi connectivity index (χ1v) is 20.2. The van der Waals surface area contributed by atoms with Gasteiger partial charge in [0.15, 0.2) is 0 Å². The molecule has 0 N–H and O–H groups in total. The quantitative estimate of drug-likeness (QED) is 0.155. The van der Waals surface area contributed by atoms with Crippen LogP contribution in [0, 0.1) is 0 Å². The maximum absolute atomic E-state index is 2.77. The topological polar surface area (TPSA) is 8.17 Å². The highest BCUT2D eigenvalue weighted by Gasteiger charge is 2.45. The van der Waals surface area contributed by atoms with Crippen LogP contribution in [0.25, 0.3) is 32.9 Å². The Labute approximate surface area is 318 Å². The molecule has 0 radical (unpaired) electrons. The smallest absolute Gasteiger partial charge is 0.333 e. The van der Waals surface area contributed by atoms with E-state index in [0.717, 1.165) is 12.8 Å². The Balaban J connectivity index is 1.47. The molecule has 0 bridgehead atoms. The molecule has 3 heterocycles. The van der Waals surface area contributed by atoms with E-state index in [-0.39, 0.29) is 28.5 Å². The second-order valence-corrected chi connectivity index (χ2v) is 20.6. The molecule has 270 valence electrons. The van der Waals surface area contributed by atoms with E-state index in [4.69, 9.17) is 0 Å². The minimum absolute atomic E-state index is 0.0154. The average molecular weight is 697 g/mol. The molecular weight excluding hydrogens is 639 g/mol. The highest BCUT2D eigenvalue weighted by molar-refractivity contribution is 6.90. The van der Waals surface area contributed by atoms with Gasteiger partial charge in [0.1, 0.15) is 0 Å². The van der Waals surface area contributed by atoms with E-state index in [1.807, 2.05) is 0 Å². The molecule has 3 heteroatoms. The summed E-state index contributed by atoms with van der Waals surface area (Å²) in [4.78, 5) is 2.62. The molecule has 1 aromatic heterocycles. The second-order valence-electron chi connectivity index (χ2n) is 20.6. The largest absolute Gasteiger partial charge is 0.375 e. The molecule has 0 fully saturated rings. The number of aromatic nitrogens is 1. The van der Waals surface area contributed by atoms with E-state index in [9.17, 15) is 0 Å². The maximum atomic E-state index is 2.77. The van der Waals surface area contributed by atoms with E-state index in [2.05, 4.69) is 171 Å². The van der Waals surface area contributed by atoms with Crippen LogP contribution in [0.3, 0.4) is 0 Å². The van der Waals surface area contributed by atoms with E-state index < -0.39 is 0 Å². The van der Waals surface area contributed by atoms with Gasteiger partial charge in [0.25, 0.3) is 0 Å². The van der Waals surface area contributed by atoms with Crippen molar-refractivity contribution in [2.24, 2.45) is 0 Å². The van der Waals surface area contributed by atoms with Crippen molar-refractivity contribution >= 4 is 56.6 Å². The molecule has 5 aromatic carbocycles. The van der Waals surface area contributed by atoms with E-state index in [1.54, 1.807) is 11.1 Å². The predicted molar refractivity (Wildman–Crippen MR) is 231 cm³/mol. The van der Waals surface area contributed by atoms with Crippen LogP contribution in [0.1, 0.15) is 129 Å². The van der Waals surface area contributed by atoms with Gasteiger partial charge in [-0.2, -0.15) is 0 Å². The van der Waals surface area contributed by atoms with Gasteiger partial charge < -0.3 is 9.38 Å². The molecule has 1 aliphatic carbocycles. The molecule has 6 aromatic rings. The number of rotatable bonds is 1. The molecule has 0 spiro atoms. The van der Waals surface area contributed by atoms with Gasteiger partial charge in [-0.15, -0.1) is 0 Å². The van der Waals surface area contributed by atoms with Crippen molar-refractivity contribution in [3.8, 4) is 11.1 Å². The lowest BCUT2D eigenvalue weighted by atomic mass is 9.44. The van der Waals surface area contributed by atoms with Crippen LogP contribution in [-0.4, -0.2) is 11.3 Å². The Morgan fingerprint density at radius 3 is 1.77 bits per heavy atom.